The average Bonchev–Trinajstić information content (AvgIpc) is 2.62. The Kier molecular flexibility index (Phi) is 3.43. The monoisotopic (exact) mass is 312 g/mol. The summed E-state index contributed by atoms with van der Waals surface area (Å²) < 4.78 is 5.66. The number of ether oxygens (including phenoxy) is 1. The second kappa shape index (κ2) is 5.74. The van der Waals surface area contributed by atoms with E-state index in [2.05, 4.69) is 12.6 Å². The molecule has 0 amide bonds. The Labute approximate surface area is 140 Å². The zero-order valence-corrected chi connectivity index (χ0v) is 13.1. The maximum atomic E-state index is 10.6. The summed E-state index contributed by atoms with van der Waals surface area (Å²) in [7, 11) is 0. The highest BCUT2D eigenvalue weighted by Gasteiger charge is 2.17. The van der Waals surface area contributed by atoms with E-state index in [1.54, 1.807) is 6.07 Å². The van der Waals surface area contributed by atoms with Gasteiger partial charge in [0.15, 0.2) is 0 Å². The first kappa shape index (κ1) is 14.3. The van der Waals surface area contributed by atoms with Crippen molar-refractivity contribution in [1.29, 1.82) is 0 Å². The van der Waals surface area contributed by atoms with Crippen LogP contribution in [0.4, 0.5) is 0 Å². The molecule has 2 heteroatoms. The molecule has 0 spiro atoms. The molecule has 0 aliphatic carbocycles. The molecule has 0 saturated carbocycles. The summed E-state index contributed by atoms with van der Waals surface area (Å²) in [5.74, 6) is 0.911. The predicted molar refractivity (Wildman–Crippen MR) is 99.4 cm³/mol. The third-order valence-electron chi connectivity index (χ3n) is 4.26. The van der Waals surface area contributed by atoms with Crippen LogP contribution in [0.25, 0.3) is 32.7 Å². The number of hydrogen-bond acceptors (Lipinski definition) is 2. The van der Waals surface area contributed by atoms with E-state index in [1.807, 2.05) is 60.7 Å². The molecule has 0 unspecified atom stereocenters. The molecule has 0 saturated heterocycles. The molecule has 4 aromatic rings. The molecule has 0 fully saturated rings. The van der Waals surface area contributed by atoms with Crippen LogP contribution in [0, 0.1) is 0 Å². The van der Waals surface area contributed by atoms with Gasteiger partial charge in [-0.05, 0) is 33.7 Å². The number of aromatic hydroxyl groups is 1. The van der Waals surface area contributed by atoms with Gasteiger partial charge in [0.1, 0.15) is 11.5 Å². The molecule has 0 radical (unpaired) electrons. The molecule has 1 N–H and O–H groups in total. The first-order valence-corrected chi connectivity index (χ1v) is 7.80. The zero-order chi connectivity index (χ0) is 16.5. The second-order valence-electron chi connectivity index (χ2n) is 5.63. The fraction of sp³-hybridized carbons (Fsp3) is 0. The van der Waals surface area contributed by atoms with E-state index in [0.29, 0.717) is 5.75 Å². The lowest BCUT2D eigenvalue weighted by Gasteiger charge is -2.16. The Morgan fingerprint density at radius 3 is 1.96 bits per heavy atom. The molecular formula is C22H16O2. The minimum Gasteiger partial charge on any atom is -0.507 e. The standard InChI is InChI=1S/C22H16O2/c1-2-24-20-14-12-16-8-4-6-10-18(16)22(20)21-17-9-5-3-7-15(17)11-13-19(21)23/h2-14,23H,1H2. The lowest BCUT2D eigenvalue weighted by molar-refractivity contribution is 0.474. The Balaban J connectivity index is 2.19. The first-order valence-electron chi connectivity index (χ1n) is 7.80. The van der Waals surface area contributed by atoms with Crippen molar-refractivity contribution in [3.05, 3.63) is 85.6 Å². The van der Waals surface area contributed by atoms with Crippen molar-refractivity contribution in [3.8, 4) is 22.6 Å². The van der Waals surface area contributed by atoms with Gasteiger partial charge >= 0.3 is 0 Å². The summed E-state index contributed by atoms with van der Waals surface area (Å²) >= 11 is 0. The van der Waals surface area contributed by atoms with Gasteiger partial charge in [-0.15, -0.1) is 0 Å². The summed E-state index contributed by atoms with van der Waals surface area (Å²) in [6.07, 6.45) is 1.41. The summed E-state index contributed by atoms with van der Waals surface area (Å²) in [5.41, 5.74) is 1.66. The lowest BCUT2D eigenvalue weighted by atomic mass is 9.92. The number of phenolic OH excluding ortho intramolecular Hbond substituents is 1. The van der Waals surface area contributed by atoms with Gasteiger partial charge < -0.3 is 9.84 Å². The van der Waals surface area contributed by atoms with E-state index in [-0.39, 0.29) is 5.75 Å². The highest BCUT2D eigenvalue weighted by Crippen LogP contribution is 2.44. The maximum Gasteiger partial charge on any atom is 0.135 e. The minimum atomic E-state index is 0.235. The zero-order valence-electron chi connectivity index (χ0n) is 13.1. The maximum absolute atomic E-state index is 10.6. The third-order valence-corrected chi connectivity index (χ3v) is 4.26. The van der Waals surface area contributed by atoms with Crippen LogP contribution < -0.4 is 4.74 Å². The van der Waals surface area contributed by atoms with Gasteiger partial charge in [-0.1, -0.05) is 67.2 Å². The number of fused-ring (bicyclic) bond motifs is 2. The molecule has 4 aromatic carbocycles. The van der Waals surface area contributed by atoms with E-state index in [9.17, 15) is 5.11 Å². The third kappa shape index (κ3) is 2.20. The van der Waals surface area contributed by atoms with Crippen molar-refractivity contribution in [2.45, 2.75) is 0 Å². The van der Waals surface area contributed by atoms with Crippen LogP contribution in [-0.4, -0.2) is 5.11 Å². The Morgan fingerprint density at radius 1 is 0.708 bits per heavy atom. The van der Waals surface area contributed by atoms with Crippen LogP contribution in [0.15, 0.2) is 85.6 Å². The molecule has 0 bridgehead atoms. The average molecular weight is 312 g/mol. The van der Waals surface area contributed by atoms with Crippen LogP contribution in [0.3, 0.4) is 0 Å². The molecule has 0 aliphatic rings. The van der Waals surface area contributed by atoms with Gasteiger partial charge in [0.25, 0.3) is 0 Å². The van der Waals surface area contributed by atoms with Gasteiger partial charge in [-0.25, -0.2) is 0 Å². The van der Waals surface area contributed by atoms with Crippen molar-refractivity contribution >= 4 is 21.5 Å². The van der Waals surface area contributed by atoms with E-state index < -0.39 is 0 Å². The quantitative estimate of drug-likeness (QED) is 0.478. The number of phenols is 1. The van der Waals surface area contributed by atoms with Gasteiger partial charge in [0, 0.05) is 11.1 Å². The molecule has 2 nitrogen and oxygen atoms in total. The van der Waals surface area contributed by atoms with Crippen molar-refractivity contribution in [2.24, 2.45) is 0 Å². The van der Waals surface area contributed by atoms with Crippen molar-refractivity contribution in [3.63, 3.8) is 0 Å². The van der Waals surface area contributed by atoms with Crippen LogP contribution in [0.2, 0.25) is 0 Å². The van der Waals surface area contributed by atoms with Gasteiger partial charge in [0.05, 0.1) is 6.26 Å². The molecular weight excluding hydrogens is 296 g/mol. The largest absolute Gasteiger partial charge is 0.507 e. The molecule has 4 rings (SSSR count). The lowest BCUT2D eigenvalue weighted by Crippen LogP contribution is -1.91. The van der Waals surface area contributed by atoms with E-state index >= 15 is 0 Å². The fourth-order valence-corrected chi connectivity index (χ4v) is 3.22. The van der Waals surface area contributed by atoms with Crippen LogP contribution >= 0.6 is 0 Å². The van der Waals surface area contributed by atoms with Crippen LogP contribution in [0.1, 0.15) is 0 Å². The molecule has 24 heavy (non-hydrogen) atoms. The van der Waals surface area contributed by atoms with E-state index in [4.69, 9.17) is 4.74 Å². The second-order valence-corrected chi connectivity index (χ2v) is 5.63. The molecule has 116 valence electrons. The smallest absolute Gasteiger partial charge is 0.135 e. The predicted octanol–water partition coefficient (Wildman–Crippen LogP) is 5.89. The summed E-state index contributed by atoms with van der Waals surface area (Å²) in [6.45, 7) is 3.67. The summed E-state index contributed by atoms with van der Waals surface area (Å²) in [5, 5.41) is 14.8. The van der Waals surface area contributed by atoms with Crippen molar-refractivity contribution in [2.75, 3.05) is 0 Å². The number of hydrogen-bond donors (Lipinski definition) is 1. The van der Waals surface area contributed by atoms with Crippen LogP contribution in [0.5, 0.6) is 11.5 Å². The van der Waals surface area contributed by atoms with Crippen molar-refractivity contribution < 1.29 is 9.84 Å². The van der Waals surface area contributed by atoms with Crippen molar-refractivity contribution in [1.82, 2.24) is 0 Å². The van der Waals surface area contributed by atoms with E-state index in [1.165, 1.54) is 6.26 Å². The molecule has 0 heterocycles. The highest BCUT2D eigenvalue weighted by atomic mass is 16.5. The Hall–Kier alpha value is -3.26. The summed E-state index contributed by atoms with van der Waals surface area (Å²) in [4.78, 5) is 0. The van der Waals surface area contributed by atoms with Gasteiger partial charge in [-0.3, -0.25) is 0 Å². The highest BCUT2D eigenvalue weighted by molar-refractivity contribution is 6.09. The molecule has 0 aromatic heterocycles. The molecule has 0 aliphatic heterocycles. The van der Waals surface area contributed by atoms with Gasteiger partial charge in [0.2, 0.25) is 0 Å². The molecule has 0 atom stereocenters. The normalized spacial score (nSPS) is 10.8. The Morgan fingerprint density at radius 2 is 1.29 bits per heavy atom. The van der Waals surface area contributed by atoms with Crippen LogP contribution in [-0.2, 0) is 0 Å². The Bertz CT molecular complexity index is 1060. The first-order chi connectivity index (χ1) is 11.8. The fourth-order valence-electron chi connectivity index (χ4n) is 3.22. The number of benzene rings is 4. The minimum absolute atomic E-state index is 0.235. The van der Waals surface area contributed by atoms with E-state index in [0.717, 1.165) is 32.7 Å². The SMILES string of the molecule is C=COc1ccc2ccccc2c1-c1c(O)ccc2ccccc12. The number of rotatable bonds is 3. The summed E-state index contributed by atoms with van der Waals surface area (Å²) in [6, 6.07) is 23.7. The van der Waals surface area contributed by atoms with Gasteiger partial charge in [-0.2, -0.15) is 0 Å². The topological polar surface area (TPSA) is 29.5 Å².